The third kappa shape index (κ3) is 3.63. The van der Waals surface area contributed by atoms with Crippen LogP contribution in [-0.2, 0) is 0 Å². The summed E-state index contributed by atoms with van der Waals surface area (Å²) in [7, 11) is 1.65. The van der Waals surface area contributed by atoms with Gasteiger partial charge in [-0.2, -0.15) is 0 Å². The fourth-order valence-corrected chi connectivity index (χ4v) is 2.09. The van der Waals surface area contributed by atoms with Gasteiger partial charge in [0.2, 0.25) is 0 Å². The molecule has 0 heterocycles. The van der Waals surface area contributed by atoms with Gasteiger partial charge in [-0.05, 0) is 42.0 Å². The van der Waals surface area contributed by atoms with Crippen LogP contribution < -0.4 is 15.8 Å². The van der Waals surface area contributed by atoms with Crippen LogP contribution in [0.3, 0.4) is 0 Å². The predicted octanol–water partition coefficient (Wildman–Crippen LogP) is 3.46. The van der Waals surface area contributed by atoms with Gasteiger partial charge in [-0.25, -0.2) is 0 Å². The van der Waals surface area contributed by atoms with E-state index in [0.717, 1.165) is 17.0 Å². The Kier molecular flexibility index (Phi) is 4.66. The highest BCUT2D eigenvalue weighted by molar-refractivity contribution is 6.30. The van der Waals surface area contributed by atoms with Crippen molar-refractivity contribution in [1.82, 2.24) is 0 Å². The monoisotopic (exact) mass is 276 g/mol. The molecule has 1 unspecified atom stereocenters. The average molecular weight is 277 g/mol. The molecule has 0 bridgehead atoms. The van der Waals surface area contributed by atoms with Crippen molar-refractivity contribution in [2.75, 3.05) is 19.0 Å². The first-order valence-corrected chi connectivity index (χ1v) is 6.47. The zero-order valence-electron chi connectivity index (χ0n) is 10.8. The van der Waals surface area contributed by atoms with Gasteiger partial charge in [0, 0.05) is 17.3 Å². The molecule has 0 saturated heterocycles. The molecule has 3 N–H and O–H groups in total. The van der Waals surface area contributed by atoms with Crippen molar-refractivity contribution in [3.8, 4) is 5.75 Å². The van der Waals surface area contributed by atoms with Crippen molar-refractivity contribution in [2.45, 2.75) is 6.04 Å². The van der Waals surface area contributed by atoms with Crippen molar-refractivity contribution in [2.24, 2.45) is 5.73 Å². The number of nitrogens with two attached hydrogens (primary N) is 1. The van der Waals surface area contributed by atoms with E-state index < -0.39 is 0 Å². The Labute approximate surface area is 118 Å². The molecule has 2 rings (SSSR count). The van der Waals surface area contributed by atoms with Gasteiger partial charge >= 0.3 is 0 Å². The van der Waals surface area contributed by atoms with E-state index in [0.29, 0.717) is 11.6 Å². The molecule has 0 aliphatic rings. The molecule has 0 saturated carbocycles. The number of rotatable bonds is 5. The molecule has 0 aliphatic heterocycles. The summed E-state index contributed by atoms with van der Waals surface area (Å²) in [6.45, 7) is 0.492. The molecule has 4 heteroatoms. The lowest BCUT2D eigenvalue weighted by atomic mass is 10.1. The van der Waals surface area contributed by atoms with E-state index in [9.17, 15) is 0 Å². The van der Waals surface area contributed by atoms with E-state index in [-0.39, 0.29) is 6.04 Å². The number of ether oxygens (including phenoxy) is 1. The van der Waals surface area contributed by atoms with Crippen LogP contribution >= 0.6 is 11.6 Å². The standard InChI is InChI=1S/C15H17ClN2O/c1-19-14-7-5-13(6-8-14)18-15(10-17)11-3-2-4-12(16)9-11/h2-9,15,18H,10,17H2,1H3. The summed E-state index contributed by atoms with van der Waals surface area (Å²) in [5.41, 5.74) is 7.90. The van der Waals surface area contributed by atoms with E-state index in [2.05, 4.69) is 5.32 Å². The summed E-state index contributed by atoms with van der Waals surface area (Å²) >= 11 is 6.00. The van der Waals surface area contributed by atoms with Crippen LogP contribution in [0.2, 0.25) is 5.02 Å². The van der Waals surface area contributed by atoms with Crippen LogP contribution in [0.15, 0.2) is 48.5 Å². The molecule has 0 spiro atoms. The zero-order valence-corrected chi connectivity index (χ0v) is 11.5. The fraction of sp³-hybridized carbons (Fsp3) is 0.200. The highest BCUT2D eigenvalue weighted by Crippen LogP contribution is 2.23. The first-order valence-electron chi connectivity index (χ1n) is 6.09. The fourth-order valence-electron chi connectivity index (χ4n) is 1.89. The second-order valence-electron chi connectivity index (χ2n) is 4.22. The van der Waals surface area contributed by atoms with Crippen LogP contribution in [0.5, 0.6) is 5.75 Å². The minimum atomic E-state index is 0.0343. The predicted molar refractivity (Wildman–Crippen MR) is 79.9 cm³/mol. The summed E-state index contributed by atoms with van der Waals surface area (Å²) in [5.74, 6) is 0.831. The molecule has 3 nitrogen and oxygen atoms in total. The lowest BCUT2D eigenvalue weighted by Gasteiger charge is -2.19. The smallest absolute Gasteiger partial charge is 0.119 e. The quantitative estimate of drug-likeness (QED) is 0.879. The SMILES string of the molecule is COc1ccc(NC(CN)c2cccc(Cl)c2)cc1. The van der Waals surface area contributed by atoms with Gasteiger partial charge in [0.1, 0.15) is 5.75 Å². The van der Waals surface area contributed by atoms with Crippen molar-refractivity contribution in [1.29, 1.82) is 0 Å². The number of nitrogens with one attached hydrogen (secondary N) is 1. The number of benzene rings is 2. The third-order valence-corrected chi connectivity index (χ3v) is 3.15. The number of methoxy groups -OCH3 is 1. The molecule has 0 amide bonds. The van der Waals surface area contributed by atoms with Gasteiger partial charge in [-0.3, -0.25) is 0 Å². The minimum Gasteiger partial charge on any atom is -0.497 e. The molecule has 2 aromatic rings. The molecule has 2 aromatic carbocycles. The Balaban J connectivity index is 2.14. The Morgan fingerprint density at radius 2 is 1.95 bits per heavy atom. The Bertz CT molecular complexity index is 528. The number of halogens is 1. The maximum atomic E-state index is 6.00. The maximum Gasteiger partial charge on any atom is 0.119 e. The molecular weight excluding hydrogens is 260 g/mol. The molecule has 0 aromatic heterocycles. The van der Waals surface area contributed by atoms with Crippen LogP contribution in [-0.4, -0.2) is 13.7 Å². The number of hydrogen-bond donors (Lipinski definition) is 2. The first-order chi connectivity index (χ1) is 9.22. The van der Waals surface area contributed by atoms with E-state index in [1.807, 2.05) is 48.5 Å². The highest BCUT2D eigenvalue weighted by atomic mass is 35.5. The van der Waals surface area contributed by atoms with Gasteiger partial charge in [0.15, 0.2) is 0 Å². The summed E-state index contributed by atoms with van der Waals surface area (Å²) in [6.07, 6.45) is 0. The molecule has 100 valence electrons. The third-order valence-electron chi connectivity index (χ3n) is 2.92. The summed E-state index contributed by atoms with van der Waals surface area (Å²) in [4.78, 5) is 0. The average Bonchev–Trinajstić information content (AvgIpc) is 2.45. The maximum absolute atomic E-state index is 6.00. The van der Waals surface area contributed by atoms with Crippen LogP contribution in [0, 0.1) is 0 Å². The largest absolute Gasteiger partial charge is 0.497 e. The second-order valence-corrected chi connectivity index (χ2v) is 4.65. The van der Waals surface area contributed by atoms with Crippen molar-refractivity contribution in [3.05, 3.63) is 59.1 Å². The number of hydrogen-bond acceptors (Lipinski definition) is 3. The summed E-state index contributed by atoms with van der Waals surface area (Å²) in [6, 6.07) is 15.5. The van der Waals surface area contributed by atoms with Gasteiger partial charge in [-0.15, -0.1) is 0 Å². The lowest BCUT2D eigenvalue weighted by Crippen LogP contribution is -2.20. The van der Waals surface area contributed by atoms with E-state index in [1.165, 1.54) is 0 Å². The second kappa shape index (κ2) is 6.45. The molecule has 0 fully saturated rings. The van der Waals surface area contributed by atoms with Crippen molar-refractivity contribution in [3.63, 3.8) is 0 Å². The van der Waals surface area contributed by atoms with Crippen LogP contribution in [0.1, 0.15) is 11.6 Å². The van der Waals surface area contributed by atoms with Gasteiger partial charge in [-0.1, -0.05) is 23.7 Å². The van der Waals surface area contributed by atoms with Gasteiger partial charge in [0.05, 0.1) is 13.2 Å². The number of anilines is 1. The molecule has 0 radical (unpaired) electrons. The van der Waals surface area contributed by atoms with Gasteiger partial charge < -0.3 is 15.8 Å². The molecule has 1 atom stereocenters. The van der Waals surface area contributed by atoms with E-state index in [4.69, 9.17) is 22.1 Å². The van der Waals surface area contributed by atoms with Crippen LogP contribution in [0.25, 0.3) is 0 Å². The van der Waals surface area contributed by atoms with E-state index >= 15 is 0 Å². The van der Waals surface area contributed by atoms with Gasteiger partial charge in [0.25, 0.3) is 0 Å². The summed E-state index contributed by atoms with van der Waals surface area (Å²) < 4.78 is 5.13. The van der Waals surface area contributed by atoms with E-state index in [1.54, 1.807) is 7.11 Å². The Hall–Kier alpha value is -1.71. The first kappa shape index (κ1) is 13.7. The molecular formula is C15H17ClN2O. The highest BCUT2D eigenvalue weighted by Gasteiger charge is 2.09. The molecule has 0 aliphatic carbocycles. The Morgan fingerprint density at radius 1 is 1.21 bits per heavy atom. The Morgan fingerprint density at radius 3 is 2.53 bits per heavy atom. The minimum absolute atomic E-state index is 0.0343. The van der Waals surface area contributed by atoms with Crippen molar-refractivity contribution < 1.29 is 4.74 Å². The topological polar surface area (TPSA) is 47.3 Å². The molecule has 19 heavy (non-hydrogen) atoms. The lowest BCUT2D eigenvalue weighted by molar-refractivity contribution is 0.415. The summed E-state index contributed by atoms with van der Waals surface area (Å²) in [5, 5.41) is 4.10. The zero-order chi connectivity index (χ0) is 13.7. The normalized spacial score (nSPS) is 11.9. The van der Waals surface area contributed by atoms with Crippen molar-refractivity contribution >= 4 is 17.3 Å². The van der Waals surface area contributed by atoms with Crippen LogP contribution in [0.4, 0.5) is 5.69 Å².